The summed E-state index contributed by atoms with van der Waals surface area (Å²) in [5.74, 6) is -0.187. The minimum Gasteiger partial charge on any atom is -0.322 e. The summed E-state index contributed by atoms with van der Waals surface area (Å²) in [6, 6.07) is 11.5. The summed E-state index contributed by atoms with van der Waals surface area (Å²) in [6.45, 7) is 0. The lowest BCUT2D eigenvalue weighted by atomic mass is 10.1. The van der Waals surface area contributed by atoms with E-state index in [4.69, 9.17) is 0 Å². The van der Waals surface area contributed by atoms with Gasteiger partial charge in [0.05, 0.1) is 11.8 Å². The van der Waals surface area contributed by atoms with Crippen LogP contribution in [0.15, 0.2) is 61.2 Å². The Labute approximate surface area is 115 Å². The molecule has 3 aromatic rings. The summed E-state index contributed by atoms with van der Waals surface area (Å²) in [6.07, 6.45) is 6.58. The average molecular weight is 264 g/mol. The SMILES string of the molecule is O=C(Nc1ccc(-c2cccnc2)cc1)c1cn[nH]c1. The fourth-order valence-corrected chi connectivity index (χ4v) is 1.86. The summed E-state index contributed by atoms with van der Waals surface area (Å²) in [7, 11) is 0. The fourth-order valence-electron chi connectivity index (χ4n) is 1.86. The van der Waals surface area contributed by atoms with Crippen molar-refractivity contribution in [3.8, 4) is 11.1 Å². The molecule has 5 heteroatoms. The maximum Gasteiger partial charge on any atom is 0.258 e. The summed E-state index contributed by atoms with van der Waals surface area (Å²) in [4.78, 5) is 15.9. The van der Waals surface area contributed by atoms with Crippen LogP contribution in [0, 0.1) is 0 Å². The number of rotatable bonds is 3. The first-order valence-corrected chi connectivity index (χ1v) is 6.13. The number of carbonyl (C=O) groups is 1. The standard InChI is InChI=1S/C15H12N4O/c20-15(13-9-17-18-10-13)19-14-5-3-11(4-6-14)12-2-1-7-16-8-12/h1-10H,(H,17,18)(H,19,20). The van der Waals surface area contributed by atoms with Crippen LogP contribution in [0.2, 0.25) is 0 Å². The van der Waals surface area contributed by atoms with Crippen LogP contribution in [0.1, 0.15) is 10.4 Å². The van der Waals surface area contributed by atoms with Crippen molar-refractivity contribution in [2.24, 2.45) is 0 Å². The third kappa shape index (κ3) is 2.56. The summed E-state index contributed by atoms with van der Waals surface area (Å²) in [5, 5.41) is 9.16. The van der Waals surface area contributed by atoms with Gasteiger partial charge in [-0.3, -0.25) is 14.9 Å². The molecule has 0 saturated carbocycles. The molecule has 0 aliphatic heterocycles. The third-order valence-corrected chi connectivity index (χ3v) is 2.90. The second kappa shape index (κ2) is 5.36. The van der Waals surface area contributed by atoms with E-state index in [1.54, 1.807) is 18.6 Å². The third-order valence-electron chi connectivity index (χ3n) is 2.90. The van der Waals surface area contributed by atoms with Crippen molar-refractivity contribution in [3.63, 3.8) is 0 Å². The number of amides is 1. The molecule has 2 N–H and O–H groups in total. The van der Waals surface area contributed by atoms with Gasteiger partial charge in [0, 0.05) is 24.3 Å². The van der Waals surface area contributed by atoms with Gasteiger partial charge in [0.1, 0.15) is 0 Å². The van der Waals surface area contributed by atoms with E-state index in [-0.39, 0.29) is 5.91 Å². The average Bonchev–Trinajstić information content (AvgIpc) is 3.03. The molecule has 1 aromatic carbocycles. The summed E-state index contributed by atoms with van der Waals surface area (Å²) in [5.41, 5.74) is 3.34. The second-order valence-corrected chi connectivity index (χ2v) is 4.26. The van der Waals surface area contributed by atoms with Crippen LogP contribution in [-0.2, 0) is 0 Å². The first-order chi connectivity index (χ1) is 9.83. The van der Waals surface area contributed by atoms with Gasteiger partial charge in [-0.2, -0.15) is 5.10 Å². The van der Waals surface area contributed by atoms with Crippen molar-refractivity contribution >= 4 is 11.6 Å². The van der Waals surface area contributed by atoms with E-state index in [1.807, 2.05) is 36.4 Å². The van der Waals surface area contributed by atoms with Gasteiger partial charge in [-0.1, -0.05) is 18.2 Å². The Bertz CT molecular complexity index is 691. The Balaban J connectivity index is 1.75. The zero-order valence-corrected chi connectivity index (χ0v) is 10.6. The normalized spacial score (nSPS) is 10.2. The number of anilines is 1. The van der Waals surface area contributed by atoms with E-state index < -0.39 is 0 Å². The number of hydrogen-bond acceptors (Lipinski definition) is 3. The van der Waals surface area contributed by atoms with E-state index in [0.29, 0.717) is 5.56 Å². The smallest absolute Gasteiger partial charge is 0.258 e. The van der Waals surface area contributed by atoms with E-state index in [9.17, 15) is 4.79 Å². The molecule has 1 amide bonds. The van der Waals surface area contributed by atoms with Crippen LogP contribution in [-0.4, -0.2) is 21.1 Å². The van der Waals surface area contributed by atoms with Gasteiger partial charge in [-0.15, -0.1) is 0 Å². The first kappa shape index (κ1) is 12.1. The molecule has 0 fully saturated rings. The van der Waals surface area contributed by atoms with Gasteiger partial charge in [-0.05, 0) is 29.3 Å². The Hall–Kier alpha value is -2.95. The number of aromatic amines is 1. The molecule has 2 aromatic heterocycles. The monoisotopic (exact) mass is 264 g/mol. The molecule has 0 radical (unpaired) electrons. The highest BCUT2D eigenvalue weighted by molar-refractivity contribution is 6.03. The van der Waals surface area contributed by atoms with E-state index >= 15 is 0 Å². The molecule has 0 saturated heterocycles. The number of H-pyrrole nitrogens is 1. The molecule has 0 atom stereocenters. The molecular weight excluding hydrogens is 252 g/mol. The van der Waals surface area contributed by atoms with Crippen molar-refractivity contribution < 1.29 is 4.79 Å². The Kier molecular flexibility index (Phi) is 3.24. The fraction of sp³-hybridized carbons (Fsp3) is 0. The number of pyridine rings is 1. The number of aromatic nitrogens is 3. The van der Waals surface area contributed by atoms with Gasteiger partial charge in [0.2, 0.25) is 0 Å². The lowest BCUT2D eigenvalue weighted by Crippen LogP contribution is -2.10. The maximum atomic E-state index is 11.8. The Morgan fingerprint density at radius 3 is 2.55 bits per heavy atom. The van der Waals surface area contributed by atoms with Crippen LogP contribution >= 0.6 is 0 Å². The Morgan fingerprint density at radius 2 is 1.90 bits per heavy atom. The molecule has 0 unspecified atom stereocenters. The number of carbonyl (C=O) groups excluding carboxylic acids is 1. The van der Waals surface area contributed by atoms with E-state index in [1.165, 1.54) is 6.20 Å². The molecule has 0 bridgehead atoms. The van der Waals surface area contributed by atoms with Crippen LogP contribution in [0.4, 0.5) is 5.69 Å². The first-order valence-electron chi connectivity index (χ1n) is 6.13. The van der Waals surface area contributed by atoms with Crippen LogP contribution in [0.3, 0.4) is 0 Å². The topological polar surface area (TPSA) is 70.7 Å². The van der Waals surface area contributed by atoms with Gasteiger partial charge >= 0.3 is 0 Å². The van der Waals surface area contributed by atoms with Crippen LogP contribution in [0.25, 0.3) is 11.1 Å². The quantitative estimate of drug-likeness (QED) is 0.764. The molecule has 20 heavy (non-hydrogen) atoms. The molecule has 2 heterocycles. The summed E-state index contributed by atoms with van der Waals surface area (Å²) < 4.78 is 0. The van der Waals surface area contributed by atoms with Gasteiger partial charge in [0.25, 0.3) is 5.91 Å². The number of benzene rings is 1. The van der Waals surface area contributed by atoms with E-state index in [0.717, 1.165) is 16.8 Å². The van der Waals surface area contributed by atoms with Crippen LogP contribution in [0.5, 0.6) is 0 Å². The van der Waals surface area contributed by atoms with Crippen molar-refractivity contribution in [3.05, 3.63) is 66.7 Å². The minimum atomic E-state index is -0.187. The second-order valence-electron chi connectivity index (χ2n) is 4.26. The van der Waals surface area contributed by atoms with Gasteiger partial charge in [-0.25, -0.2) is 0 Å². The highest BCUT2D eigenvalue weighted by atomic mass is 16.1. The van der Waals surface area contributed by atoms with Gasteiger partial charge < -0.3 is 5.32 Å². The highest BCUT2D eigenvalue weighted by Gasteiger charge is 2.06. The van der Waals surface area contributed by atoms with Crippen LogP contribution < -0.4 is 5.32 Å². The van der Waals surface area contributed by atoms with Crippen molar-refractivity contribution in [1.29, 1.82) is 0 Å². The molecule has 5 nitrogen and oxygen atoms in total. The predicted octanol–water partition coefficient (Wildman–Crippen LogP) is 2.72. The van der Waals surface area contributed by atoms with Crippen molar-refractivity contribution in [1.82, 2.24) is 15.2 Å². The lowest BCUT2D eigenvalue weighted by molar-refractivity contribution is 0.102. The van der Waals surface area contributed by atoms with Gasteiger partial charge in [0.15, 0.2) is 0 Å². The molecule has 3 rings (SSSR count). The largest absolute Gasteiger partial charge is 0.322 e. The zero-order valence-electron chi connectivity index (χ0n) is 10.6. The predicted molar refractivity (Wildman–Crippen MR) is 76.2 cm³/mol. The lowest BCUT2D eigenvalue weighted by Gasteiger charge is -2.05. The van der Waals surface area contributed by atoms with Crippen molar-refractivity contribution in [2.75, 3.05) is 5.32 Å². The molecule has 0 aliphatic carbocycles. The Morgan fingerprint density at radius 1 is 1.05 bits per heavy atom. The molecule has 0 aliphatic rings. The zero-order chi connectivity index (χ0) is 13.8. The number of nitrogens with one attached hydrogen (secondary N) is 2. The molecule has 98 valence electrons. The number of hydrogen-bond donors (Lipinski definition) is 2. The highest BCUT2D eigenvalue weighted by Crippen LogP contribution is 2.20. The molecule has 0 spiro atoms. The minimum absolute atomic E-state index is 0.187. The maximum absolute atomic E-state index is 11.8. The number of nitrogens with zero attached hydrogens (tertiary/aromatic N) is 2. The van der Waals surface area contributed by atoms with Crippen molar-refractivity contribution in [2.45, 2.75) is 0 Å². The molecular formula is C15H12N4O. The van der Waals surface area contributed by atoms with E-state index in [2.05, 4.69) is 20.5 Å². The summed E-state index contributed by atoms with van der Waals surface area (Å²) >= 11 is 0.